The number of hydrogen-bond acceptors (Lipinski definition) is 3. The summed E-state index contributed by atoms with van der Waals surface area (Å²) >= 11 is 0. The van der Waals surface area contributed by atoms with Crippen LogP contribution < -0.4 is 5.32 Å². The van der Waals surface area contributed by atoms with Gasteiger partial charge in [-0.1, -0.05) is 12.1 Å². The van der Waals surface area contributed by atoms with Crippen LogP contribution in [0.5, 0.6) is 0 Å². The average Bonchev–Trinajstić information content (AvgIpc) is 2.27. The summed E-state index contributed by atoms with van der Waals surface area (Å²) in [5.41, 5.74) is -0.584. The number of amides is 1. The van der Waals surface area contributed by atoms with Crippen LogP contribution in [0.2, 0.25) is 0 Å². The molecule has 1 N–H and O–H groups in total. The largest absolute Gasteiger partial charge is 0.464 e. The maximum Gasteiger partial charge on any atom is 0.331 e. The second-order valence-electron chi connectivity index (χ2n) is 4.54. The molecule has 0 unspecified atom stereocenters. The van der Waals surface area contributed by atoms with Crippen molar-refractivity contribution in [3.05, 3.63) is 35.6 Å². The summed E-state index contributed by atoms with van der Waals surface area (Å²) in [5, 5.41) is 2.57. The van der Waals surface area contributed by atoms with Crippen LogP contribution in [0.25, 0.3) is 0 Å². The highest BCUT2D eigenvalue weighted by Crippen LogP contribution is 2.16. The molecule has 0 bridgehead atoms. The Hall–Kier alpha value is -1.91. The molecule has 0 aliphatic rings. The molecule has 1 aromatic rings. The van der Waals surface area contributed by atoms with Crippen LogP contribution in [0.1, 0.15) is 26.3 Å². The lowest BCUT2D eigenvalue weighted by Crippen LogP contribution is -2.54. The van der Waals surface area contributed by atoms with Crippen LogP contribution in [-0.4, -0.2) is 24.0 Å². The van der Waals surface area contributed by atoms with Gasteiger partial charge in [0, 0.05) is 13.3 Å². The van der Waals surface area contributed by atoms with Crippen molar-refractivity contribution in [3.63, 3.8) is 0 Å². The molecule has 0 aliphatic carbocycles. The van der Waals surface area contributed by atoms with Crippen molar-refractivity contribution >= 4 is 11.9 Å². The number of esters is 1. The fourth-order valence-electron chi connectivity index (χ4n) is 1.90. The van der Waals surface area contributed by atoms with Gasteiger partial charge in [-0.3, -0.25) is 4.79 Å². The van der Waals surface area contributed by atoms with Gasteiger partial charge in [-0.05, 0) is 31.5 Å². The van der Waals surface area contributed by atoms with Gasteiger partial charge in [0.15, 0.2) is 0 Å². The third-order valence-electron chi connectivity index (χ3n) is 2.62. The van der Waals surface area contributed by atoms with Crippen molar-refractivity contribution in [2.24, 2.45) is 0 Å². The van der Waals surface area contributed by atoms with Gasteiger partial charge in [0.1, 0.15) is 11.4 Å². The highest BCUT2D eigenvalue weighted by Gasteiger charge is 2.35. The average molecular weight is 267 g/mol. The van der Waals surface area contributed by atoms with Crippen molar-refractivity contribution < 1.29 is 18.7 Å². The lowest BCUT2D eigenvalue weighted by molar-refractivity contribution is -0.152. The zero-order chi connectivity index (χ0) is 14.5. The maximum atomic E-state index is 13.2. The Bertz CT molecular complexity index is 476. The van der Waals surface area contributed by atoms with Gasteiger partial charge in [-0.25, -0.2) is 9.18 Å². The molecule has 0 fully saturated rings. The highest BCUT2D eigenvalue weighted by atomic mass is 19.1. The first kappa shape index (κ1) is 15.1. The van der Waals surface area contributed by atoms with Crippen LogP contribution in [0.3, 0.4) is 0 Å². The molecule has 0 aromatic heterocycles. The number of carbonyl (C=O) groups excluding carboxylic acids is 2. The zero-order valence-electron chi connectivity index (χ0n) is 11.3. The molecule has 1 rings (SSSR count). The standard InChI is InChI=1S/C14H18FNO3/c1-4-19-13(18)14(3,16-10(2)17)9-11-6-5-7-12(15)8-11/h5-8H,4,9H2,1-3H3,(H,16,17)/t14-/m0/s1. The van der Waals surface area contributed by atoms with E-state index >= 15 is 0 Å². The maximum absolute atomic E-state index is 13.2. The first-order valence-corrected chi connectivity index (χ1v) is 6.08. The van der Waals surface area contributed by atoms with E-state index in [-0.39, 0.29) is 24.8 Å². The summed E-state index contributed by atoms with van der Waals surface area (Å²) in [6.45, 7) is 4.80. The Balaban J connectivity index is 2.97. The number of nitrogens with one attached hydrogen (secondary N) is 1. The minimum Gasteiger partial charge on any atom is -0.464 e. The Kier molecular flexibility index (Phi) is 5.03. The Morgan fingerprint density at radius 1 is 1.42 bits per heavy atom. The summed E-state index contributed by atoms with van der Waals surface area (Å²) < 4.78 is 18.1. The van der Waals surface area contributed by atoms with Gasteiger partial charge >= 0.3 is 5.97 Å². The molecule has 19 heavy (non-hydrogen) atoms. The van der Waals surface area contributed by atoms with E-state index in [1.54, 1.807) is 26.0 Å². The van der Waals surface area contributed by atoms with Crippen molar-refractivity contribution in [3.8, 4) is 0 Å². The quantitative estimate of drug-likeness (QED) is 0.828. The van der Waals surface area contributed by atoms with Crippen LogP contribution in [0.4, 0.5) is 4.39 Å². The molecule has 0 radical (unpaired) electrons. The van der Waals surface area contributed by atoms with Crippen molar-refractivity contribution in [1.82, 2.24) is 5.32 Å². The second-order valence-corrected chi connectivity index (χ2v) is 4.54. The molecule has 0 aliphatic heterocycles. The SMILES string of the molecule is CCOC(=O)[C@](C)(Cc1cccc(F)c1)NC(C)=O. The fourth-order valence-corrected chi connectivity index (χ4v) is 1.90. The topological polar surface area (TPSA) is 55.4 Å². The summed E-state index contributed by atoms with van der Waals surface area (Å²) in [5.74, 6) is -1.26. The van der Waals surface area contributed by atoms with Crippen LogP contribution in [0, 0.1) is 5.82 Å². The van der Waals surface area contributed by atoms with E-state index in [1.807, 2.05) is 0 Å². The third kappa shape index (κ3) is 4.35. The number of carbonyl (C=O) groups is 2. The predicted molar refractivity (Wildman–Crippen MR) is 69.0 cm³/mol. The summed E-state index contributed by atoms with van der Waals surface area (Å²) in [6.07, 6.45) is 0.170. The van der Waals surface area contributed by atoms with E-state index in [1.165, 1.54) is 19.1 Å². The lowest BCUT2D eigenvalue weighted by Gasteiger charge is -2.28. The number of hydrogen-bond donors (Lipinski definition) is 1. The molecule has 0 spiro atoms. The molecule has 1 aromatic carbocycles. The van der Waals surface area contributed by atoms with E-state index < -0.39 is 11.5 Å². The third-order valence-corrected chi connectivity index (χ3v) is 2.62. The molecule has 5 heteroatoms. The molecule has 1 atom stereocenters. The lowest BCUT2D eigenvalue weighted by atomic mass is 9.92. The van der Waals surface area contributed by atoms with Gasteiger partial charge in [0.25, 0.3) is 0 Å². The van der Waals surface area contributed by atoms with Crippen LogP contribution in [-0.2, 0) is 20.7 Å². The monoisotopic (exact) mass is 267 g/mol. The number of benzene rings is 1. The molecule has 0 saturated carbocycles. The van der Waals surface area contributed by atoms with E-state index in [9.17, 15) is 14.0 Å². The number of rotatable bonds is 5. The fraction of sp³-hybridized carbons (Fsp3) is 0.429. The van der Waals surface area contributed by atoms with Gasteiger partial charge in [0.05, 0.1) is 6.61 Å². The van der Waals surface area contributed by atoms with Crippen molar-refractivity contribution in [2.75, 3.05) is 6.61 Å². The van der Waals surface area contributed by atoms with E-state index in [4.69, 9.17) is 4.74 Å². The van der Waals surface area contributed by atoms with Crippen molar-refractivity contribution in [2.45, 2.75) is 32.7 Å². The van der Waals surface area contributed by atoms with Gasteiger partial charge < -0.3 is 10.1 Å². The molecular formula is C14H18FNO3. The smallest absolute Gasteiger partial charge is 0.331 e. The predicted octanol–water partition coefficient (Wildman–Crippen LogP) is 1.83. The second kappa shape index (κ2) is 6.31. The summed E-state index contributed by atoms with van der Waals surface area (Å²) in [4.78, 5) is 23.2. The van der Waals surface area contributed by atoms with Crippen molar-refractivity contribution in [1.29, 1.82) is 0 Å². The molecular weight excluding hydrogens is 249 g/mol. The number of halogens is 1. The van der Waals surface area contributed by atoms with Crippen LogP contribution >= 0.6 is 0 Å². The van der Waals surface area contributed by atoms with Gasteiger partial charge in [-0.15, -0.1) is 0 Å². The number of ether oxygens (including phenoxy) is 1. The summed E-state index contributed by atoms with van der Waals surface area (Å²) in [7, 11) is 0. The summed E-state index contributed by atoms with van der Waals surface area (Å²) in [6, 6.07) is 5.91. The van der Waals surface area contributed by atoms with Gasteiger partial charge in [-0.2, -0.15) is 0 Å². The highest BCUT2D eigenvalue weighted by molar-refractivity contribution is 5.87. The first-order chi connectivity index (χ1) is 8.87. The van der Waals surface area contributed by atoms with E-state index in [0.29, 0.717) is 5.56 Å². The molecule has 104 valence electrons. The zero-order valence-corrected chi connectivity index (χ0v) is 11.3. The van der Waals surface area contributed by atoms with E-state index in [0.717, 1.165) is 0 Å². The Morgan fingerprint density at radius 3 is 2.63 bits per heavy atom. The Morgan fingerprint density at radius 2 is 2.11 bits per heavy atom. The van der Waals surface area contributed by atoms with E-state index in [2.05, 4.69) is 5.32 Å². The molecule has 0 heterocycles. The molecule has 0 saturated heterocycles. The molecule has 4 nitrogen and oxygen atoms in total. The first-order valence-electron chi connectivity index (χ1n) is 6.08. The molecule has 1 amide bonds. The Labute approximate surface area is 112 Å². The normalized spacial score (nSPS) is 13.5. The van der Waals surface area contributed by atoms with Gasteiger partial charge in [0.2, 0.25) is 5.91 Å². The minimum absolute atomic E-state index is 0.170. The minimum atomic E-state index is -1.20. The van der Waals surface area contributed by atoms with Crippen LogP contribution in [0.15, 0.2) is 24.3 Å².